The number of ether oxygens (including phenoxy) is 2. The molecule has 0 aromatic rings. The molecule has 1 aliphatic heterocycles. The summed E-state index contributed by atoms with van der Waals surface area (Å²) in [6.45, 7) is 4.01. The summed E-state index contributed by atoms with van der Waals surface area (Å²) in [6.07, 6.45) is 11.6. The minimum atomic E-state index is -0.201. The second kappa shape index (κ2) is 6.11. The molecule has 1 spiro atoms. The predicted molar refractivity (Wildman–Crippen MR) is 76.1 cm³/mol. The molecule has 2 unspecified atom stereocenters. The van der Waals surface area contributed by atoms with Crippen molar-refractivity contribution in [2.24, 2.45) is 5.92 Å². The summed E-state index contributed by atoms with van der Waals surface area (Å²) in [4.78, 5) is 0. The lowest BCUT2D eigenvalue weighted by atomic mass is 9.88. The van der Waals surface area contributed by atoms with Gasteiger partial charge in [-0.15, -0.1) is 0 Å². The van der Waals surface area contributed by atoms with Crippen LogP contribution in [0.25, 0.3) is 0 Å². The van der Waals surface area contributed by atoms with E-state index in [1.54, 1.807) is 0 Å². The summed E-state index contributed by atoms with van der Waals surface area (Å²) < 4.78 is 11.6. The smallest absolute Gasteiger partial charge is 0.168 e. The van der Waals surface area contributed by atoms with Crippen molar-refractivity contribution < 1.29 is 9.47 Å². The summed E-state index contributed by atoms with van der Waals surface area (Å²) in [7, 11) is 0. The number of rotatable bonds is 2. The first kappa shape index (κ1) is 13.8. The minimum Gasteiger partial charge on any atom is -0.348 e. The minimum absolute atomic E-state index is 0.201. The van der Waals surface area contributed by atoms with Crippen molar-refractivity contribution in [3.8, 4) is 0 Å². The van der Waals surface area contributed by atoms with E-state index in [-0.39, 0.29) is 5.79 Å². The first-order valence-corrected chi connectivity index (χ1v) is 8.31. The van der Waals surface area contributed by atoms with Gasteiger partial charge in [-0.2, -0.15) is 0 Å². The third-order valence-electron chi connectivity index (χ3n) is 5.37. The normalized spacial score (nSPS) is 36.5. The average Bonchev–Trinajstić information content (AvgIpc) is 2.78. The molecule has 0 bridgehead atoms. The van der Waals surface area contributed by atoms with Crippen LogP contribution in [0.15, 0.2) is 0 Å². The molecule has 1 N–H and O–H groups in total. The SMILES string of the molecule is CC1CCCCCC1NC1CCC2(CC1)OCCO2. The highest BCUT2D eigenvalue weighted by molar-refractivity contribution is 4.88. The molecule has 19 heavy (non-hydrogen) atoms. The molecular weight excluding hydrogens is 238 g/mol. The molecule has 1 saturated heterocycles. The van der Waals surface area contributed by atoms with E-state index in [1.807, 2.05) is 0 Å². The highest BCUT2D eigenvalue weighted by atomic mass is 16.7. The first-order valence-electron chi connectivity index (χ1n) is 8.31. The highest BCUT2D eigenvalue weighted by Crippen LogP contribution is 2.36. The maximum atomic E-state index is 5.81. The first-order chi connectivity index (χ1) is 9.27. The van der Waals surface area contributed by atoms with Gasteiger partial charge in [-0.1, -0.05) is 26.2 Å². The topological polar surface area (TPSA) is 30.5 Å². The number of hydrogen-bond acceptors (Lipinski definition) is 3. The van der Waals surface area contributed by atoms with Crippen LogP contribution in [0.5, 0.6) is 0 Å². The molecule has 0 aromatic heterocycles. The Morgan fingerprint density at radius 3 is 2.32 bits per heavy atom. The molecule has 110 valence electrons. The van der Waals surface area contributed by atoms with Gasteiger partial charge in [-0.25, -0.2) is 0 Å². The maximum Gasteiger partial charge on any atom is 0.168 e. The molecule has 3 fully saturated rings. The Morgan fingerprint density at radius 2 is 1.58 bits per heavy atom. The quantitative estimate of drug-likeness (QED) is 0.779. The molecule has 3 rings (SSSR count). The van der Waals surface area contributed by atoms with E-state index < -0.39 is 0 Å². The molecule has 0 amide bonds. The summed E-state index contributed by atoms with van der Waals surface area (Å²) >= 11 is 0. The number of hydrogen-bond donors (Lipinski definition) is 1. The Labute approximate surface area is 117 Å². The van der Waals surface area contributed by atoms with Crippen molar-refractivity contribution in [3.05, 3.63) is 0 Å². The van der Waals surface area contributed by atoms with Crippen LogP contribution in [0.1, 0.15) is 64.7 Å². The van der Waals surface area contributed by atoms with Gasteiger partial charge in [-0.05, 0) is 31.6 Å². The largest absolute Gasteiger partial charge is 0.348 e. The van der Waals surface area contributed by atoms with Gasteiger partial charge >= 0.3 is 0 Å². The number of nitrogens with one attached hydrogen (secondary N) is 1. The zero-order chi connectivity index (χ0) is 13.1. The third kappa shape index (κ3) is 3.32. The third-order valence-corrected chi connectivity index (χ3v) is 5.37. The van der Waals surface area contributed by atoms with Gasteiger partial charge in [0.1, 0.15) is 0 Å². The molecular formula is C16H29NO2. The zero-order valence-corrected chi connectivity index (χ0v) is 12.3. The van der Waals surface area contributed by atoms with Gasteiger partial charge in [0.05, 0.1) is 13.2 Å². The fraction of sp³-hybridized carbons (Fsp3) is 1.00. The lowest BCUT2D eigenvalue weighted by molar-refractivity contribution is -0.179. The van der Waals surface area contributed by atoms with Crippen LogP contribution in [-0.4, -0.2) is 31.1 Å². The van der Waals surface area contributed by atoms with E-state index in [4.69, 9.17) is 9.47 Å². The Morgan fingerprint density at radius 1 is 0.895 bits per heavy atom. The van der Waals surface area contributed by atoms with Gasteiger partial charge in [0.15, 0.2) is 5.79 Å². The molecule has 0 radical (unpaired) electrons. The van der Waals surface area contributed by atoms with Crippen LogP contribution in [-0.2, 0) is 9.47 Å². The van der Waals surface area contributed by atoms with E-state index in [9.17, 15) is 0 Å². The van der Waals surface area contributed by atoms with E-state index in [2.05, 4.69) is 12.2 Å². The standard InChI is InChI=1S/C16H29NO2/c1-13-5-3-2-4-6-15(13)17-14-7-9-16(10-8-14)18-11-12-19-16/h13-15,17H,2-12H2,1H3. The fourth-order valence-electron chi connectivity index (χ4n) is 4.05. The summed E-state index contributed by atoms with van der Waals surface area (Å²) in [6, 6.07) is 1.43. The Balaban J connectivity index is 1.48. The lowest BCUT2D eigenvalue weighted by Crippen LogP contribution is -2.47. The van der Waals surface area contributed by atoms with Gasteiger partial charge in [0.2, 0.25) is 0 Å². The average molecular weight is 267 g/mol. The Kier molecular flexibility index (Phi) is 4.45. The van der Waals surface area contributed by atoms with Crippen molar-refractivity contribution in [2.75, 3.05) is 13.2 Å². The van der Waals surface area contributed by atoms with Gasteiger partial charge < -0.3 is 14.8 Å². The monoisotopic (exact) mass is 267 g/mol. The molecule has 3 nitrogen and oxygen atoms in total. The van der Waals surface area contributed by atoms with Gasteiger partial charge in [-0.3, -0.25) is 0 Å². The predicted octanol–water partition coefficient (Wildman–Crippen LogP) is 3.23. The van der Waals surface area contributed by atoms with E-state index in [0.29, 0.717) is 6.04 Å². The highest BCUT2D eigenvalue weighted by Gasteiger charge is 2.40. The van der Waals surface area contributed by atoms with E-state index in [1.165, 1.54) is 44.9 Å². The fourth-order valence-corrected chi connectivity index (χ4v) is 4.05. The molecule has 2 saturated carbocycles. The lowest BCUT2D eigenvalue weighted by Gasteiger charge is -2.38. The van der Waals surface area contributed by atoms with E-state index >= 15 is 0 Å². The van der Waals surface area contributed by atoms with Crippen LogP contribution < -0.4 is 5.32 Å². The van der Waals surface area contributed by atoms with Crippen LogP contribution in [0, 0.1) is 5.92 Å². The van der Waals surface area contributed by atoms with Crippen molar-refractivity contribution in [3.63, 3.8) is 0 Å². The van der Waals surface area contributed by atoms with Crippen molar-refractivity contribution in [2.45, 2.75) is 82.6 Å². The van der Waals surface area contributed by atoms with Crippen LogP contribution in [0.2, 0.25) is 0 Å². The maximum absolute atomic E-state index is 5.81. The molecule has 3 aliphatic rings. The van der Waals surface area contributed by atoms with Crippen molar-refractivity contribution >= 4 is 0 Å². The zero-order valence-electron chi connectivity index (χ0n) is 12.3. The van der Waals surface area contributed by atoms with E-state index in [0.717, 1.165) is 38.0 Å². The Bertz CT molecular complexity index is 278. The van der Waals surface area contributed by atoms with Crippen LogP contribution in [0.3, 0.4) is 0 Å². The van der Waals surface area contributed by atoms with Crippen LogP contribution >= 0.6 is 0 Å². The van der Waals surface area contributed by atoms with Crippen molar-refractivity contribution in [1.29, 1.82) is 0 Å². The van der Waals surface area contributed by atoms with Gasteiger partial charge in [0, 0.05) is 24.9 Å². The summed E-state index contributed by atoms with van der Waals surface area (Å²) in [5, 5.41) is 3.94. The molecule has 3 heteroatoms. The second-order valence-electron chi connectivity index (χ2n) is 6.77. The summed E-state index contributed by atoms with van der Waals surface area (Å²) in [5.74, 6) is 0.644. The Hall–Kier alpha value is -0.120. The second-order valence-corrected chi connectivity index (χ2v) is 6.77. The summed E-state index contributed by atoms with van der Waals surface area (Å²) in [5.41, 5.74) is 0. The molecule has 2 atom stereocenters. The molecule has 1 heterocycles. The van der Waals surface area contributed by atoms with Crippen molar-refractivity contribution in [1.82, 2.24) is 5.32 Å². The van der Waals surface area contributed by atoms with Crippen LogP contribution in [0.4, 0.5) is 0 Å². The van der Waals surface area contributed by atoms with Gasteiger partial charge in [0.25, 0.3) is 0 Å². The molecule has 2 aliphatic carbocycles. The molecule has 0 aromatic carbocycles.